The molecule has 0 aliphatic heterocycles. The third-order valence-corrected chi connectivity index (χ3v) is 2.54. The summed E-state index contributed by atoms with van der Waals surface area (Å²) < 4.78 is 26.0. The van der Waals surface area contributed by atoms with E-state index in [1.165, 1.54) is 12.1 Å². The lowest BCUT2D eigenvalue weighted by molar-refractivity contribution is 0.584. The molecule has 2 rings (SSSR count). The average molecular weight is 240 g/mol. The molecule has 0 radical (unpaired) electrons. The maximum atomic E-state index is 13.0. The molecule has 1 nitrogen and oxygen atoms in total. The van der Waals surface area contributed by atoms with Crippen molar-refractivity contribution in [3.8, 4) is 11.1 Å². The number of halogens is 3. The van der Waals surface area contributed by atoms with Gasteiger partial charge in [0.2, 0.25) is 0 Å². The second kappa shape index (κ2) is 4.10. The van der Waals surface area contributed by atoms with E-state index in [-0.39, 0.29) is 0 Å². The number of anilines is 1. The molecule has 0 heterocycles. The lowest BCUT2D eigenvalue weighted by Crippen LogP contribution is -1.89. The minimum absolute atomic E-state index is 0.379. The quantitative estimate of drug-likeness (QED) is 0.751. The van der Waals surface area contributed by atoms with Crippen molar-refractivity contribution in [3.05, 3.63) is 53.1 Å². The lowest BCUT2D eigenvalue weighted by atomic mass is 10.0. The van der Waals surface area contributed by atoms with E-state index in [1.807, 2.05) is 0 Å². The van der Waals surface area contributed by atoms with E-state index in [0.29, 0.717) is 21.8 Å². The van der Waals surface area contributed by atoms with Crippen LogP contribution in [-0.2, 0) is 0 Å². The molecule has 0 bridgehead atoms. The maximum absolute atomic E-state index is 13.0. The van der Waals surface area contributed by atoms with E-state index in [2.05, 4.69) is 0 Å². The Bertz CT molecular complexity index is 520. The minimum atomic E-state index is -0.622. The van der Waals surface area contributed by atoms with Gasteiger partial charge >= 0.3 is 0 Å². The van der Waals surface area contributed by atoms with Gasteiger partial charge in [-0.1, -0.05) is 17.7 Å². The summed E-state index contributed by atoms with van der Waals surface area (Å²) in [6.07, 6.45) is 0. The second-order valence-corrected chi connectivity index (χ2v) is 3.80. The first-order valence-corrected chi connectivity index (χ1v) is 4.95. The molecule has 0 aliphatic carbocycles. The van der Waals surface area contributed by atoms with Crippen LogP contribution in [-0.4, -0.2) is 0 Å². The van der Waals surface area contributed by atoms with Crippen molar-refractivity contribution < 1.29 is 8.78 Å². The van der Waals surface area contributed by atoms with Gasteiger partial charge in [0.25, 0.3) is 0 Å². The zero-order valence-corrected chi connectivity index (χ0v) is 8.93. The largest absolute Gasteiger partial charge is 0.398 e. The monoisotopic (exact) mass is 239 g/mol. The molecule has 16 heavy (non-hydrogen) atoms. The fourth-order valence-electron chi connectivity index (χ4n) is 1.44. The predicted octanol–water partition coefficient (Wildman–Crippen LogP) is 3.87. The molecule has 0 atom stereocenters. The Hall–Kier alpha value is -1.61. The van der Waals surface area contributed by atoms with Gasteiger partial charge in [-0.05, 0) is 35.4 Å². The van der Waals surface area contributed by atoms with Crippen molar-refractivity contribution in [2.75, 3.05) is 5.73 Å². The zero-order chi connectivity index (χ0) is 11.7. The van der Waals surface area contributed by atoms with Gasteiger partial charge in [-0.25, -0.2) is 8.78 Å². The summed E-state index contributed by atoms with van der Waals surface area (Å²) in [6.45, 7) is 0. The van der Waals surface area contributed by atoms with Gasteiger partial charge in [0.15, 0.2) is 0 Å². The van der Waals surface area contributed by atoms with Crippen LogP contribution in [0.5, 0.6) is 0 Å². The molecule has 82 valence electrons. The molecule has 0 spiro atoms. The zero-order valence-electron chi connectivity index (χ0n) is 8.18. The highest BCUT2D eigenvalue weighted by Gasteiger charge is 2.05. The summed E-state index contributed by atoms with van der Waals surface area (Å²) in [6, 6.07) is 8.14. The molecule has 0 fully saturated rings. The van der Waals surface area contributed by atoms with Crippen molar-refractivity contribution in [3.63, 3.8) is 0 Å². The summed E-state index contributed by atoms with van der Waals surface area (Å²) in [7, 11) is 0. The third kappa shape index (κ3) is 2.14. The van der Waals surface area contributed by atoms with Crippen LogP contribution in [0, 0.1) is 11.6 Å². The summed E-state index contributed by atoms with van der Waals surface area (Å²) in [5.41, 5.74) is 7.05. The highest BCUT2D eigenvalue weighted by Crippen LogP contribution is 2.27. The number of nitrogens with two attached hydrogens (primary N) is 1. The summed E-state index contributed by atoms with van der Waals surface area (Å²) in [5.74, 6) is -1.24. The van der Waals surface area contributed by atoms with Crippen LogP contribution < -0.4 is 5.73 Å². The Morgan fingerprint density at radius 2 is 1.50 bits per heavy atom. The Morgan fingerprint density at radius 3 is 2.06 bits per heavy atom. The summed E-state index contributed by atoms with van der Waals surface area (Å²) >= 11 is 5.76. The van der Waals surface area contributed by atoms with Crippen LogP contribution >= 0.6 is 11.6 Å². The second-order valence-electron chi connectivity index (χ2n) is 3.39. The van der Waals surface area contributed by atoms with E-state index in [9.17, 15) is 8.78 Å². The van der Waals surface area contributed by atoms with Crippen molar-refractivity contribution in [1.82, 2.24) is 0 Å². The first kappa shape index (κ1) is 10.9. The van der Waals surface area contributed by atoms with Crippen molar-refractivity contribution in [1.29, 1.82) is 0 Å². The topological polar surface area (TPSA) is 26.0 Å². The number of nitrogen functional groups attached to an aromatic ring is 1. The van der Waals surface area contributed by atoms with Crippen LogP contribution in [0.25, 0.3) is 11.1 Å². The molecular weight excluding hydrogens is 232 g/mol. The number of hydrogen-bond donors (Lipinski definition) is 1. The first-order valence-electron chi connectivity index (χ1n) is 4.58. The molecule has 0 saturated heterocycles. The van der Waals surface area contributed by atoms with Crippen LogP contribution in [0.3, 0.4) is 0 Å². The molecule has 0 aliphatic rings. The van der Waals surface area contributed by atoms with Gasteiger partial charge < -0.3 is 5.73 Å². The predicted molar refractivity (Wildman–Crippen MR) is 61.2 cm³/mol. The molecular formula is C12H8ClF2N. The van der Waals surface area contributed by atoms with Gasteiger partial charge in [-0.15, -0.1) is 0 Å². The third-order valence-electron chi connectivity index (χ3n) is 2.19. The van der Waals surface area contributed by atoms with Gasteiger partial charge in [0, 0.05) is 6.07 Å². The SMILES string of the molecule is Nc1cc(-c2cc(F)cc(F)c2)ccc1Cl. The van der Waals surface area contributed by atoms with E-state index in [1.54, 1.807) is 18.2 Å². The van der Waals surface area contributed by atoms with E-state index in [0.717, 1.165) is 6.07 Å². The lowest BCUT2D eigenvalue weighted by Gasteiger charge is -2.05. The number of hydrogen-bond acceptors (Lipinski definition) is 1. The fraction of sp³-hybridized carbons (Fsp3) is 0. The molecule has 0 aromatic heterocycles. The van der Waals surface area contributed by atoms with Crippen LogP contribution in [0.15, 0.2) is 36.4 Å². The highest BCUT2D eigenvalue weighted by atomic mass is 35.5. The Labute approximate surface area is 96.5 Å². The normalized spacial score (nSPS) is 10.4. The number of benzene rings is 2. The molecule has 2 N–H and O–H groups in total. The molecule has 0 amide bonds. The van der Waals surface area contributed by atoms with E-state index < -0.39 is 11.6 Å². The average Bonchev–Trinajstić information content (AvgIpc) is 2.20. The Kier molecular flexibility index (Phi) is 2.79. The van der Waals surface area contributed by atoms with E-state index in [4.69, 9.17) is 17.3 Å². The van der Waals surface area contributed by atoms with Crippen molar-refractivity contribution in [2.45, 2.75) is 0 Å². The minimum Gasteiger partial charge on any atom is -0.398 e. The molecule has 0 unspecified atom stereocenters. The smallest absolute Gasteiger partial charge is 0.126 e. The first-order chi connectivity index (χ1) is 7.56. The Balaban J connectivity index is 2.54. The fourth-order valence-corrected chi connectivity index (χ4v) is 1.56. The molecule has 0 saturated carbocycles. The molecule has 4 heteroatoms. The van der Waals surface area contributed by atoms with Crippen molar-refractivity contribution in [2.24, 2.45) is 0 Å². The Morgan fingerprint density at radius 1 is 0.875 bits per heavy atom. The molecule has 2 aromatic rings. The van der Waals surface area contributed by atoms with Crippen LogP contribution in [0.2, 0.25) is 5.02 Å². The van der Waals surface area contributed by atoms with Gasteiger partial charge in [-0.3, -0.25) is 0 Å². The van der Waals surface area contributed by atoms with Crippen molar-refractivity contribution >= 4 is 17.3 Å². The maximum Gasteiger partial charge on any atom is 0.126 e. The van der Waals surface area contributed by atoms with Gasteiger partial charge in [0.1, 0.15) is 11.6 Å². The van der Waals surface area contributed by atoms with Gasteiger partial charge in [0.05, 0.1) is 10.7 Å². The standard InChI is InChI=1S/C12H8ClF2N/c13-11-2-1-7(5-12(11)16)8-3-9(14)6-10(15)4-8/h1-6H,16H2. The highest BCUT2D eigenvalue weighted by molar-refractivity contribution is 6.33. The summed E-state index contributed by atoms with van der Waals surface area (Å²) in [5, 5.41) is 0.417. The number of rotatable bonds is 1. The summed E-state index contributed by atoms with van der Waals surface area (Å²) in [4.78, 5) is 0. The van der Waals surface area contributed by atoms with E-state index >= 15 is 0 Å². The van der Waals surface area contributed by atoms with Crippen LogP contribution in [0.4, 0.5) is 14.5 Å². The van der Waals surface area contributed by atoms with Gasteiger partial charge in [-0.2, -0.15) is 0 Å². The molecule has 2 aromatic carbocycles. The van der Waals surface area contributed by atoms with Crippen LogP contribution in [0.1, 0.15) is 0 Å².